The highest BCUT2D eigenvalue weighted by Crippen LogP contribution is 2.43. The largest absolute Gasteiger partial charge is 0.481 e. The molecule has 0 bridgehead atoms. The molecule has 0 unspecified atom stereocenters. The van der Waals surface area contributed by atoms with Gasteiger partial charge in [0.25, 0.3) is 0 Å². The number of aryl methyl sites for hydroxylation is 1. The van der Waals surface area contributed by atoms with Crippen molar-refractivity contribution in [3.05, 3.63) is 11.7 Å². The summed E-state index contributed by atoms with van der Waals surface area (Å²) in [5, 5.41) is 17.8. The number of amides is 2. The molecule has 2 rings (SSSR count). The SMILES string of the molecule is Cc1nc(CNC(=O)NCC2(CC(=O)O)CCC2)no1. The second kappa shape index (κ2) is 5.89. The maximum atomic E-state index is 11.6. The number of aromatic nitrogens is 2. The van der Waals surface area contributed by atoms with E-state index in [-0.39, 0.29) is 24.4 Å². The molecule has 1 fully saturated rings. The van der Waals surface area contributed by atoms with Crippen LogP contribution >= 0.6 is 0 Å². The molecule has 2 amide bonds. The number of urea groups is 1. The van der Waals surface area contributed by atoms with Crippen LogP contribution in [-0.4, -0.2) is 33.8 Å². The monoisotopic (exact) mass is 282 g/mol. The average molecular weight is 282 g/mol. The Labute approximate surface area is 115 Å². The van der Waals surface area contributed by atoms with Crippen molar-refractivity contribution in [2.24, 2.45) is 5.41 Å². The Hall–Kier alpha value is -2.12. The minimum atomic E-state index is -0.825. The molecule has 20 heavy (non-hydrogen) atoms. The molecule has 0 aliphatic heterocycles. The Morgan fingerprint density at radius 3 is 2.65 bits per heavy atom. The van der Waals surface area contributed by atoms with Gasteiger partial charge in [-0.25, -0.2) is 4.79 Å². The van der Waals surface area contributed by atoms with Gasteiger partial charge in [-0.2, -0.15) is 4.98 Å². The number of hydrogen-bond donors (Lipinski definition) is 3. The number of carboxylic acid groups (broad SMARTS) is 1. The van der Waals surface area contributed by atoms with Gasteiger partial charge in [-0.15, -0.1) is 0 Å². The normalized spacial score (nSPS) is 16.2. The van der Waals surface area contributed by atoms with Crippen LogP contribution in [0.2, 0.25) is 0 Å². The second-order valence-corrected chi connectivity index (χ2v) is 5.19. The molecule has 1 aromatic rings. The molecule has 0 radical (unpaired) electrons. The summed E-state index contributed by atoms with van der Waals surface area (Å²) in [6.07, 6.45) is 2.78. The lowest BCUT2D eigenvalue weighted by molar-refractivity contribution is -0.141. The van der Waals surface area contributed by atoms with Crippen molar-refractivity contribution in [1.29, 1.82) is 0 Å². The van der Waals surface area contributed by atoms with Crippen LogP contribution in [0.15, 0.2) is 4.52 Å². The van der Waals surface area contributed by atoms with Crippen LogP contribution in [0.1, 0.15) is 37.4 Å². The summed E-state index contributed by atoms with van der Waals surface area (Å²) in [7, 11) is 0. The Bertz CT molecular complexity index is 495. The fourth-order valence-electron chi connectivity index (χ4n) is 2.32. The lowest BCUT2D eigenvalue weighted by Gasteiger charge is -2.40. The van der Waals surface area contributed by atoms with E-state index in [9.17, 15) is 9.59 Å². The van der Waals surface area contributed by atoms with E-state index >= 15 is 0 Å². The summed E-state index contributed by atoms with van der Waals surface area (Å²) >= 11 is 0. The smallest absolute Gasteiger partial charge is 0.315 e. The van der Waals surface area contributed by atoms with Crippen molar-refractivity contribution in [2.45, 2.75) is 39.2 Å². The fraction of sp³-hybridized carbons (Fsp3) is 0.667. The van der Waals surface area contributed by atoms with E-state index in [0.29, 0.717) is 18.3 Å². The number of carbonyl (C=O) groups excluding carboxylic acids is 1. The molecular weight excluding hydrogens is 264 g/mol. The van der Waals surface area contributed by atoms with Crippen LogP contribution in [-0.2, 0) is 11.3 Å². The number of carbonyl (C=O) groups is 2. The van der Waals surface area contributed by atoms with Crippen molar-refractivity contribution in [3.63, 3.8) is 0 Å². The molecule has 1 saturated carbocycles. The molecular formula is C12H18N4O4. The third-order valence-electron chi connectivity index (χ3n) is 3.54. The van der Waals surface area contributed by atoms with Gasteiger partial charge >= 0.3 is 12.0 Å². The minimum absolute atomic E-state index is 0.0946. The number of aliphatic carboxylic acids is 1. The molecule has 8 nitrogen and oxygen atoms in total. The first kappa shape index (κ1) is 14.3. The molecule has 0 atom stereocenters. The lowest BCUT2D eigenvalue weighted by atomic mass is 9.66. The number of hydrogen-bond acceptors (Lipinski definition) is 5. The summed E-state index contributed by atoms with van der Waals surface area (Å²) in [5.41, 5.74) is -0.286. The summed E-state index contributed by atoms with van der Waals surface area (Å²) in [6, 6.07) is -0.357. The molecule has 1 aliphatic rings. The maximum Gasteiger partial charge on any atom is 0.315 e. The summed E-state index contributed by atoms with van der Waals surface area (Å²) in [6.45, 7) is 2.22. The number of rotatable bonds is 6. The van der Waals surface area contributed by atoms with E-state index in [2.05, 4.69) is 20.8 Å². The Balaban J connectivity index is 1.73. The predicted molar refractivity (Wildman–Crippen MR) is 67.8 cm³/mol. The zero-order valence-electron chi connectivity index (χ0n) is 11.3. The maximum absolute atomic E-state index is 11.6. The molecule has 0 saturated heterocycles. The molecule has 8 heteroatoms. The molecule has 1 aliphatic carbocycles. The van der Waals surface area contributed by atoms with Crippen LogP contribution in [0.3, 0.4) is 0 Å². The molecule has 0 aromatic carbocycles. The second-order valence-electron chi connectivity index (χ2n) is 5.19. The minimum Gasteiger partial charge on any atom is -0.481 e. The zero-order chi connectivity index (χ0) is 14.6. The van der Waals surface area contributed by atoms with Gasteiger partial charge in [0.2, 0.25) is 5.89 Å². The van der Waals surface area contributed by atoms with Gasteiger partial charge < -0.3 is 20.3 Å². The van der Waals surface area contributed by atoms with Crippen LogP contribution in [0, 0.1) is 12.3 Å². The fourth-order valence-corrected chi connectivity index (χ4v) is 2.32. The van der Waals surface area contributed by atoms with Gasteiger partial charge in [-0.05, 0) is 18.3 Å². The van der Waals surface area contributed by atoms with Crippen LogP contribution in [0.5, 0.6) is 0 Å². The van der Waals surface area contributed by atoms with E-state index in [0.717, 1.165) is 19.3 Å². The third kappa shape index (κ3) is 3.69. The number of carboxylic acids is 1. The Morgan fingerprint density at radius 1 is 1.40 bits per heavy atom. The quantitative estimate of drug-likeness (QED) is 0.711. The highest BCUT2D eigenvalue weighted by Gasteiger charge is 2.39. The Kier molecular flexibility index (Phi) is 4.21. The number of nitrogens with one attached hydrogen (secondary N) is 2. The summed E-state index contributed by atoms with van der Waals surface area (Å²) in [4.78, 5) is 26.4. The van der Waals surface area contributed by atoms with Crippen LogP contribution in [0.4, 0.5) is 4.79 Å². The van der Waals surface area contributed by atoms with E-state index < -0.39 is 5.97 Å². The van der Waals surface area contributed by atoms with Gasteiger partial charge in [0.05, 0.1) is 13.0 Å². The Morgan fingerprint density at radius 2 is 2.15 bits per heavy atom. The first-order valence-electron chi connectivity index (χ1n) is 6.52. The standard InChI is InChI=1S/C12H18N4O4/c1-8-15-9(16-20-8)6-13-11(19)14-7-12(3-2-4-12)5-10(17)18/h2-7H2,1H3,(H,17,18)(H2,13,14,19). The van der Waals surface area contributed by atoms with E-state index in [1.165, 1.54) is 0 Å². The summed E-state index contributed by atoms with van der Waals surface area (Å²) in [5.74, 6) is 0.0211. The van der Waals surface area contributed by atoms with E-state index in [1.807, 2.05) is 0 Å². The molecule has 3 N–H and O–H groups in total. The third-order valence-corrected chi connectivity index (χ3v) is 3.54. The first-order valence-corrected chi connectivity index (χ1v) is 6.52. The van der Waals surface area contributed by atoms with Gasteiger partial charge in [0.1, 0.15) is 0 Å². The topological polar surface area (TPSA) is 117 Å². The number of nitrogens with zero attached hydrogens (tertiary/aromatic N) is 2. The molecule has 0 spiro atoms. The van der Waals surface area contributed by atoms with Gasteiger partial charge in [0, 0.05) is 13.5 Å². The van der Waals surface area contributed by atoms with Gasteiger partial charge in [0.15, 0.2) is 5.82 Å². The van der Waals surface area contributed by atoms with Gasteiger partial charge in [-0.3, -0.25) is 4.79 Å². The van der Waals surface area contributed by atoms with Crippen molar-refractivity contribution in [2.75, 3.05) is 6.54 Å². The highest BCUT2D eigenvalue weighted by atomic mass is 16.5. The first-order chi connectivity index (χ1) is 9.49. The van der Waals surface area contributed by atoms with Gasteiger partial charge in [-0.1, -0.05) is 11.6 Å². The zero-order valence-corrected chi connectivity index (χ0v) is 11.3. The van der Waals surface area contributed by atoms with E-state index in [4.69, 9.17) is 9.63 Å². The average Bonchev–Trinajstić information content (AvgIpc) is 2.75. The van der Waals surface area contributed by atoms with Crippen molar-refractivity contribution < 1.29 is 19.2 Å². The van der Waals surface area contributed by atoms with Crippen molar-refractivity contribution >= 4 is 12.0 Å². The van der Waals surface area contributed by atoms with Crippen LogP contribution in [0.25, 0.3) is 0 Å². The van der Waals surface area contributed by atoms with Crippen LogP contribution < -0.4 is 10.6 Å². The summed E-state index contributed by atoms with van der Waals surface area (Å²) < 4.78 is 4.78. The predicted octanol–water partition coefficient (Wildman–Crippen LogP) is 0.822. The lowest BCUT2D eigenvalue weighted by Crippen LogP contribution is -2.46. The molecule has 1 heterocycles. The molecule has 110 valence electrons. The highest BCUT2D eigenvalue weighted by molar-refractivity contribution is 5.74. The van der Waals surface area contributed by atoms with E-state index in [1.54, 1.807) is 6.92 Å². The van der Waals surface area contributed by atoms with Crippen molar-refractivity contribution in [1.82, 2.24) is 20.8 Å². The van der Waals surface area contributed by atoms with Crippen molar-refractivity contribution in [3.8, 4) is 0 Å². The molecule has 1 aromatic heterocycles.